The van der Waals surface area contributed by atoms with Gasteiger partial charge in [-0.3, -0.25) is 13.9 Å². The van der Waals surface area contributed by atoms with E-state index in [0.717, 1.165) is 22.2 Å². The van der Waals surface area contributed by atoms with Crippen LogP contribution in [0.15, 0.2) is 72.8 Å². The average molecular weight is 498 g/mol. The maximum absolute atomic E-state index is 13.6. The lowest BCUT2D eigenvalue weighted by Gasteiger charge is -2.22. The molecule has 0 saturated carbocycles. The van der Waals surface area contributed by atoms with Crippen LogP contribution in [0.3, 0.4) is 0 Å². The van der Waals surface area contributed by atoms with Crippen molar-refractivity contribution in [1.82, 2.24) is 0 Å². The maximum atomic E-state index is 13.6. The second-order valence-corrected chi connectivity index (χ2v) is 11.1. The second-order valence-electron chi connectivity index (χ2n) is 9.16. The summed E-state index contributed by atoms with van der Waals surface area (Å²) in [6.45, 7) is 5.73. The molecule has 184 valence electrons. The number of nitrogens with one attached hydrogen (secondary N) is 2. The number of carbonyl (C=O) groups is 2. The summed E-state index contributed by atoms with van der Waals surface area (Å²) in [6.07, 6.45) is 0.940. The number of hydrogen-bond acceptors (Lipinski definition) is 4. The first-order valence-corrected chi connectivity index (χ1v) is 12.7. The predicted molar refractivity (Wildman–Crippen MR) is 137 cm³/mol. The molecule has 0 heterocycles. The molecule has 0 aromatic heterocycles. The third kappa shape index (κ3) is 7.13. The van der Waals surface area contributed by atoms with Gasteiger partial charge in [-0.2, -0.15) is 0 Å². The Morgan fingerprint density at radius 2 is 1.49 bits per heavy atom. The number of anilines is 3. The molecule has 0 aliphatic heterocycles. The van der Waals surface area contributed by atoms with Crippen LogP contribution in [0, 0.1) is 5.82 Å². The highest BCUT2D eigenvalue weighted by molar-refractivity contribution is 7.92. The van der Waals surface area contributed by atoms with Gasteiger partial charge in [-0.15, -0.1) is 0 Å². The van der Waals surface area contributed by atoms with Crippen LogP contribution >= 0.6 is 0 Å². The van der Waals surface area contributed by atoms with Gasteiger partial charge in [-0.1, -0.05) is 45.0 Å². The van der Waals surface area contributed by atoms with E-state index >= 15 is 0 Å². The second kappa shape index (κ2) is 10.3. The number of benzene rings is 3. The fourth-order valence-electron chi connectivity index (χ4n) is 3.36. The van der Waals surface area contributed by atoms with Crippen LogP contribution < -0.4 is 14.9 Å². The number of sulfonamides is 1. The lowest BCUT2D eigenvalue weighted by Crippen LogP contribution is -2.37. The van der Waals surface area contributed by atoms with Crippen LogP contribution in [0.2, 0.25) is 0 Å². The number of nitrogens with zero attached hydrogens (tertiary/aromatic N) is 1. The lowest BCUT2D eigenvalue weighted by atomic mass is 9.87. The first kappa shape index (κ1) is 25.9. The molecular formula is C26H28FN3O4S. The monoisotopic (exact) mass is 497 g/mol. The molecule has 35 heavy (non-hydrogen) atoms. The van der Waals surface area contributed by atoms with E-state index in [1.807, 2.05) is 12.1 Å². The van der Waals surface area contributed by atoms with Crippen molar-refractivity contribution in [2.45, 2.75) is 26.2 Å². The molecule has 7 nitrogen and oxygen atoms in total. The minimum atomic E-state index is -3.84. The summed E-state index contributed by atoms with van der Waals surface area (Å²) in [5.74, 6) is -1.54. The average Bonchev–Trinajstić information content (AvgIpc) is 2.76. The van der Waals surface area contributed by atoms with Crippen molar-refractivity contribution in [3.05, 3.63) is 89.7 Å². The third-order valence-corrected chi connectivity index (χ3v) is 6.34. The highest BCUT2D eigenvalue weighted by Crippen LogP contribution is 2.23. The number of hydrogen-bond donors (Lipinski definition) is 2. The van der Waals surface area contributed by atoms with Crippen LogP contribution in [0.5, 0.6) is 0 Å². The van der Waals surface area contributed by atoms with Crippen molar-refractivity contribution in [3.63, 3.8) is 0 Å². The van der Waals surface area contributed by atoms with E-state index < -0.39 is 28.3 Å². The molecule has 0 bridgehead atoms. The fraction of sp³-hybridized carbons (Fsp3) is 0.231. The van der Waals surface area contributed by atoms with Gasteiger partial charge in [0.2, 0.25) is 15.9 Å². The molecule has 0 spiro atoms. The molecule has 0 radical (unpaired) electrons. The van der Waals surface area contributed by atoms with E-state index in [1.165, 1.54) is 18.2 Å². The minimum Gasteiger partial charge on any atom is -0.324 e. The predicted octanol–water partition coefficient (Wildman–Crippen LogP) is 4.78. The summed E-state index contributed by atoms with van der Waals surface area (Å²) >= 11 is 0. The molecule has 3 aromatic carbocycles. The van der Waals surface area contributed by atoms with Crippen LogP contribution in [0.4, 0.5) is 21.5 Å². The van der Waals surface area contributed by atoms with Gasteiger partial charge in [-0.25, -0.2) is 12.8 Å². The van der Waals surface area contributed by atoms with E-state index in [4.69, 9.17) is 0 Å². The summed E-state index contributed by atoms with van der Waals surface area (Å²) in [7, 11) is -3.84. The van der Waals surface area contributed by atoms with Crippen molar-refractivity contribution in [2.75, 3.05) is 27.7 Å². The van der Waals surface area contributed by atoms with E-state index in [-0.39, 0.29) is 17.0 Å². The molecule has 0 aliphatic carbocycles. The van der Waals surface area contributed by atoms with Crippen molar-refractivity contribution in [3.8, 4) is 0 Å². The quantitative estimate of drug-likeness (QED) is 0.491. The normalized spacial score (nSPS) is 11.6. The van der Waals surface area contributed by atoms with Gasteiger partial charge in [0.25, 0.3) is 5.91 Å². The minimum absolute atomic E-state index is 0.0249. The summed E-state index contributed by atoms with van der Waals surface area (Å²) in [6, 6.07) is 18.8. The van der Waals surface area contributed by atoms with Gasteiger partial charge in [0, 0.05) is 16.9 Å². The summed E-state index contributed by atoms with van der Waals surface area (Å²) < 4.78 is 38.8. The summed E-state index contributed by atoms with van der Waals surface area (Å²) in [4.78, 5) is 25.2. The zero-order valence-corrected chi connectivity index (χ0v) is 20.8. The Labute approximate surface area is 205 Å². The first-order valence-electron chi connectivity index (χ1n) is 10.9. The molecule has 2 amide bonds. The molecule has 0 atom stereocenters. The number of carbonyl (C=O) groups excluding carboxylic acids is 2. The van der Waals surface area contributed by atoms with Crippen LogP contribution in [-0.2, 0) is 20.2 Å². The zero-order valence-electron chi connectivity index (χ0n) is 20.0. The Bertz CT molecular complexity index is 1330. The van der Waals surface area contributed by atoms with Crippen molar-refractivity contribution in [2.24, 2.45) is 0 Å². The van der Waals surface area contributed by atoms with Gasteiger partial charge in [0.1, 0.15) is 12.4 Å². The van der Waals surface area contributed by atoms with Crippen molar-refractivity contribution < 1.29 is 22.4 Å². The van der Waals surface area contributed by atoms with Gasteiger partial charge >= 0.3 is 0 Å². The molecule has 0 unspecified atom stereocenters. The van der Waals surface area contributed by atoms with Crippen molar-refractivity contribution >= 4 is 38.9 Å². The standard InChI is InChI=1S/C26H28FN3O4S/c1-26(2,3)19-13-11-18(12-14-19)25(32)29-22-9-6-8-21(16-22)28-24(31)17-30(35(4,33)34)23-10-5-7-20(27)15-23/h5-16H,17H2,1-4H3,(H,28,31)(H,29,32). The molecule has 0 aliphatic rings. The molecule has 2 N–H and O–H groups in total. The number of amides is 2. The van der Waals surface area contributed by atoms with Gasteiger partial charge in [-0.05, 0) is 59.5 Å². The van der Waals surface area contributed by atoms with Crippen LogP contribution in [0.1, 0.15) is 36.7 Å². The lowest BCUT2D eigenvalue weighted by molar-refractivity contribution is -0.114. The van der Waals surface area contributed by atoms with E-state index in [2.05, 4.69) is 31.4 Å². The largest absolute Gasteiger partial charge is 0.324 e. The Balaban J connectivity index is 1.69. The summed E-state index contributed by atoms with van der Waals surface area (Å²) in [5, 5.41) is 5.41. The fourth-order valence-corrected chi connectivity index (χ4v) is 4.21. The maximum Gasteiger partial charge on any atom is 0.255 e. The first-order chi connectivity index (χ1) is 16.3. The molecule has 3 rings (SSSR count). The SMILES string of the molecule is CC(C)(C)c1ccc(C(=O)Nc2cccc(NC(=O)CN(c3cccc(F)c3)S(C)(=O)=O)c2)cc1. The Kier molecular flexibility index (Phi) is 7.60. The topological polar surface area (TPSA) is 95.6 Å². The van der Waals surface area contributed by atoms with Crippen LogP contribution in [0.25, 0.3) is 0 Å². The van der Waals surface area contributed by atoms with Crippen LogP contribution in [-0.4, -0.2) is 33.0 Å². The molecular weight excluding hydrogens is 469 g/mol. The van der Waals surface area contributed by atoms with Gasteiger partial charge < -0.3 is 10.6 Å². The van der Waals surface area contributed by atoms with E-state index in [9.17, 15) is 22.4 Å². The number of halogens is 1. The Morgan fingerprint density at radius 3 is 2.06 bits per heavy atom. The number of rotatable bonds is 7. The Hall–Kier alpha value is -3.72. The molecule has 9 heteroatoms. The third-order valence-electron chi connectivity index (χ3n) is 5.20. The Morgan fingerprint density at radius 1 is 0.886 bits per heavy atom. The van der Waals surface area contributed by atoms with E-state index in [0.29, 0.717) is 16.9 Å². The molecule has 3 aromatic rings. The van der Waals surface area contributed by atoms with E-state index in [1.54, 1.807) is 36.4 Å². The highest BCUT2D eigenvalue weighted by Gasteiger charge is 2.21. The summed E-state index contributed by atoms with van der Waals surface area (Å²) in [5.41, 5.74) is 2.44. The van der Waals surface area contributed by atoms with Gasteiger partial charge in [0.15, 0.2) is 0 Å². The smallest absolute Gasteiger partial charge is 0.255 e. The molecule has 0 saturated heterocycles. The molecule has 0 fully saturated rings. The zero-order chi connectivity index (χ0) is 25.8. The van der Waals surface area contributed by atoms with Crippen molar-refractivity contribution in [1.29, 1.82) is 0 Å². The highest BCUT2D eigenvalue weighted by atomic mass is 32.2. The van der Waals surface area contributed by atoms with Gasteiger partial charge in [0.05, 0.1) is 11.9 Å².